The molecular formula is C12H20N4S. The van der Waals surface area contributed by atoms with E-state index in [9.17, 15) is 0 Å². The van der Waals surface area contributed by atoms with Gasteiger partial charge in [-0.05, 0) is 25.1 Å². The highest BCUT2D eigenvalue weighted by Crippen LogP contribution is 2.16. The minimum absolute atomic E-state index is 0.816. The summed E-state index contributed by atoms with van der Waals surface area (Å²) in [6.07, 6.45) is 1.15. The van der Waals surface area contributed by atoms with Crippen LogP contribution in [0.3, 0.4) is 0 Å². The van der Waals surface area contributed by atoms with E-state index in [-0.39, 0.29) is 0 Å². The number of nitrogens with one attached hydrogen (secondary N) is 1. The highest BCUT2D eigenvalue weighted by atomic mass is 32.2. The van der Waals surface area contributed by atoms with E-state index in [2.05, 4.69) is 39.5 Å². The quantitative estimate of drug-likeness (QED) is 0.805. The Labute approximate surface area is 107 Å². The van der Waals surface area contributed by atoms with E-state index in [0.29, 0.717) is 0 Å². The Morgan fingerprint density at radius 1 is 1.29 bits per heavy atom. The maximum atomic E-state index is 4.31. The molecule has 2 rings (SSSR count). The molecule has 0 atom stereocenters. The summed E-state index contributed by atoms with van der Waals surface area (Å²) in [6.45, 7) is 6.19. The van der Waals surface area contributed by atoms with Crippen molar-refractivity contribution in [3.05, 3.63) is 17.8 Å². The van der Waals surface area contributed by atoms with Crippen LogP contribution < -0.4 is 10.2 Å². The molecule has 94 valence electrons. The van der Waals surface area contributed by atoms with Crippen LogP contribution >= 0.6 is 11.8 Å². The van der Waals surface area contributed by atoms with Crippen molar-refractivity contribution in [1.82, 2.24) is 15.5 Å². The number of hydrogen-bond acceptors (Lipinski definition) is 5. The number of aromatic nitrogens is 2. The van der Waals surface area contributed by atoms with E-state index in [1.54, 1.807) is 0 Å². The molecule has 1 N–H and O–H groups in total. The first-order valence-corrected chi connectivity index (χ1v) is 7.41. The predicted octanol–water partition coefficient (Wildman–Crippen LogP) is 1.53. The van der Waals surface area contributed by atoms with E-state index in [1.807, 2.05) is 11.8 Å². The predicted molar refractivity (Wildman–Crippen MR) is 73.6 cm³/mol. The Morgan fingerprint density at radius 2 is 2.12 bits per heavy atom. The van der Waals surface area contributed by atoms with Gasteiger partial charge in [0.1, 0.15) is 0 Å². The van der Waals surface area contributed by atoms with Gasteiger partial charge in [-0.25, -0.2) is 0 Å². The smallest absolute Gasteiger partial charge is 0.151 e. The molecule has 0 amide bonds. The third-order valence-corrected chi connectivity index (χ3v) is 3.72. The van der Waals surface area contributed by atoms with Gasteiger partial charge in [0.15, 0.2) is 5.82 Å². The average molecular weight is 252 g/mol. The van der Waals surface area contributed by atoms with Crippen LogP contribution in [0.25, 0.3) is 0 Å². The fourth-order valence-corrected chi connectivity index (χ4v) is 2.70. The first kappa shape index (κ1) is 12.6. The summed E-state index contributed by atoms with van der Waals surface area (Å²) in [7, 11) is 0. The summed E-state index contributed by atoms with van der Waals surface area (Å²) >= 11 is 2.01. The second-order valence-electron chi connectivity index (χ2n) is 4.16. The summed E-state index contributed by atoms with van der Waals surface area (Å²) in [5.41, 5.74) is 1.02. The van der Waals surface area contributed by atoms with Crippen LogP contribution in [0, 0.1) is 0 Å². The number of anilines is 1. The Hall–Kier alpha value is -0.810. The third kappa shape index (κ3) is 3.85. The van der Waals surface area contributed by atoms with Crippen LogP contribution in [-0.4, -0.2) is 41.3 Å². The molecule has 5 heteroatoms. The molecule has 0 bridgehead atoms. The highest BCUT2D eigenvalue weighted by Gasteiger charge is 2.12. The van der Waals surface area contributed by atoms with Crippen molar-refractivity contribution in [3.8, 4) is 0 Å². The first-order valence-electron chi connectivity index (χ1n) is 6.26. The summed E-state index contributed by atoms with van der Waals surface area (Å²) in [5.74, 6) is 3.41. The Balaban J connectivity index is 1.88. The van der Waals surface area contributed by atoms with E-state index < -0.39 is 0 Å². The number of hydrogen-bond donors (Lipinski definition) is 1. The summed E-state index contributed by atoms with van der Waals surface area (Å²) in [5, 5.41) is 11.9. The lowest BCUT2D eigenvalue weighted by Crippen LogP contribution is -2.33. The monoisotopic (exact) mass is 252 g/mol. The van der Waals surface area contributed by atoms with Crippen molar-refractivity contribution in [2.75, 3.05) is 36.0 Å². The van der Waals surface area contributed by atoms with Crippen molar-refractivity contribution in [2.45, 2.75) is 19.9 Å². The van der Waals surface area contributed by atoms with Gasteiger partial charge in [0, 0.05) is 31.1 Å². The highest BCUT2D eigenvalue weighted by molar-refractivity contribution is 7.99. The zero-order valence-electron chi connectivity index (χ0n) is 10.4. The molecule has 1 fully saturated rings. The lowest BCUT2D eigenvalue weighted by atomic mass is 10.3. The van der Waals surface area contributed by atoms with Gasteiger partial charge in [0.25, 0.3) is 0 Å². The Bertz CT molecular complexity index is 322. The van der Waals surface area contributed by atoms with Gasteiger partial charge >= 0.3 is 0 Å². The molecule has 1 aliphatic rings. The van der Waals surface area contributed by atoms with Crippen molar-refractivity contribution in [1.29, 1.82) is 0 Å². The molecule has 1 aromatic rings. The standard InChI is InChI=1S/C12H20N4S/c1-2-5-13-10-11-3-4-12(15-14-11)16-6-8-17-9-7-16/h3-4,13H,2,5-10H2,1H3. The lowest BCUT2D eigenvalue weighted by Gasteiger charge is -2.26. The largest absolute Gasteiger partial charge is 0.353 e. The van der Waals surface area contributed by atoms with Gasteiger partial charge in [0.05, 0.1) is 5.69 Å². The van der Waals surface area contributed by atoms with Crippen molar-refractivity contribution in [3.63, 3.8) is 0 Å². The van der Waals surface area contributed by atoms with Gasteiger partial charge < -0.3 is 10.2 Å². The van der Waals surface area contributed by atoms with Crippen LogP contribution in [0.4, 0.5) is 5.82 Å². The van der Waals surface area contributed by atoms with E-state index in [4.69, 9.17) is 0 Å². The summed E-state index contributed by atoms with van der Waals surface area (Å²) in [4.78, 5) is 2.31. The van der Waals surface area contributed by atoms with Gasteiger partial charge in [-0.1, -0.05) is 6.92 Å². The molecule has 17 heavy (non-hydrogen) atoms. The van der Waals surface area contributed by atoms with Crippen molar-refractivity contribution in [2.24, 2.45) is 0 Å². The zero-order valence-corrected chi connectivity index (χ0v) is 11.2. The fourth-order valence-electron chi connectivity index (χ4n) is 1.80. The molecule has 2 heterocycles. The van der Waals surface area contributed by atoms with Crippen molar-refractivity contribution < 1.29 is 0 Å². The number of thioether (sulfide) groups is 1. The average Bonchev–Trinajstić information content (AvgIpc) is 2.41. The fraction of sp³-hybridized carbons (Fsp3) is 0.667. The number of rotatable bonds is 5. The topological polar surface area (TPSA) is 41.0 Å². The number of nitrogens with zero attached hydrogens (tertiary/aromatic N) is 3. The molecule has 0 saturated carbocycles. The van der Waals surface area contributed by atoms with Crippen LogP contribution in [0.15, 0.2) is 12.1 Å². The van der Waals surface area contributed by atoms with E-state index in [1.165, 1.54) is 11.5 Å². The second kappa shape index (κ2) is 6.81. The molecular weight excluding hydrogens is 232 g/mol. The SMILES string of the molecule is CCCNCc1ccc(N2CCSCC2)nn1. The molecule has 1 saturated heterocycles. The second-order valence-corrected chi connectivity index (χ2v) is 5.38. The van der Waals surface area contributed by atoms with Gasteiger partial charge in [0.2, 0.25) is 0 Å². The molecule has 0 radical (unpaired) electrons. The zero-order chi connectivity index (χ0) is 11.9. The minimum atomic E-state index is 0.816. The minimum Gasteiger partial charge on any atom is -0.353 e. The van der Waals surface area contributed by atoms with Crippen LogP contribution in [0.2, 0.25) is 0 Å². The van der Waals surface area contributed by atoms with Crippen LogP contribution in [0.1, 0.15) is 19.0 Å². The van der Waals surface area contributed by atoms with Gasteiger partial charge in [-0.15, -0.1) is 5.10 Å². The Kier molecular flexibility index (Phi) is 5.07. The molecule has 1 aliphatic heterocycles. The molecule has 0 aromatic carbocycles. The summed E-state index contributed by atoms with van der Waals surface area (Å²) < 4.78 is 0. The third-order valence-electron chi connectivity index (χ3n) is 2.77. The summed E-state index contributed by atoms with van der Waals surface area (Å²) in [6, 6.07) is 4.17. The maximum absolute atomic E-state index is 4.31. The normalized spacial score (nSPS) is 16.2. The van der Waals surface area contributed by atoms with Crippen LogP contribution in [0.5, 0.6) is 0 Å². The van der Waals surface area contributed by atoms with E-state index in [0.717, 1.165) is 44.1 Å². The first-order chi connectivity index (χ1) is 8.40. The van der Waals surface area contributed by atoms with Gasteiger partial charge in [-0.3, -0.25) is 0 Å². The van der Waals surface area contributed by atoms with Crippen molar-refractivity contribution >= 4 is 17.6 Å². The van der Waals surface area contributed by atoms with Gasteiger partial charge in [-0.2, -0.15) is 16.9 Å². The molecule has 0 spiro atoms. The lowest BCUT2D eigenvalue weighted by molar-refractivity contribution is 0.655. The van der Waals surface area contributed by atoms with E-state index >= 15 is 0 Å². The Morgan fingerprint density at radius 3 is 2.76 bits per heavy atom. The molecule has 0 aliphatic carbocycles. The molecule has 0 unspecified atom stereocenters. The van der Waals surface area contributed by atoms with Crippen LogP contribution in [-0.2, 0) is 6.54 Å². The maximum Gasteiger partial charge on any atom is 0.151 e. The molecule has 1 aromatic heterocycles. The molecule has 4 nitrogen and oxygen atoms in total.